The van der Waals surface area contributed by atoms with Gasteiger partial charge in [0, 0.05) is 11.1 Å². The van der Waals surface area contributed by atoms with E-state index in [-0.39, 0.29) is 5.56 Å². The average molecular weight is 262 g/mol. The molecule has 4 rings (SSSR count). The van der Waals surface area contributed by atoms with Crippen molar-refractivity contribution in [1.82, 2.24) is 9.72 Å². The molecule has 0 N–H and O–H groups in total. The highest BCUT2D eigenvalue weighted by Gasteiger charge is 2.14. The van der Waals surface area contributed by atoms with Crippen LogP contribution in [0, 0.1) is 0 Å². The van der Waals surface area contributed by atoms with E-state index in [9.17, 15) is 4.79 Å². The number of hydrogen-bond acceptors (Lipinski definition) is 3. The Kier molecular flexibility index (Phi) is 2.23. The lowest BCUT2D eigenvalue weighted by molar-refractivity contribution is 0.428. The first-order valence-electron chi connectivity index (χ1n) is 6.29. The number of aromatic nitrogens is 2. The molecule has 0 atom stereocenters. The van der Waals surface area contributed by atoms with E-state index in [1.807, 2.05) is 54.6 Å². The van der Waals surface area contributed by atoms with Gasteiger partial charge in [0.15, 0.2) is 0 Å². The molecule has 0 spiro atoms. The minimum Gasteiger partial charge on any atom is -0.363 e. The van der Waals surface area contributed by atoms with Crippen molar-refractivity contribution in [1.29, 1.82) is 0 Å². The van der Waals surface area contributed by atoms with Crippen molar-refractivity contribution in [2.24, 2.45) is 0 Å². The molecule has 0 aliphatic rings. The highest BCUT2D eigenvalue weighted by molar-refractivity contribution is 6.03. The Morgan fingerprint density at radius 3 is 2.50 bits per heavy atom. The second kappa shape index (κ2) is 4.06. The molecule has 0 unspecified atom stereocenters. The summed E-state index contributed by atoms with van der Waals surface area (Å²) >= 11 is 0. The van der Waals surface area contributed by atoms with Gasteiger partial charge in [-0.05, 0) is 18.2 Å². The van der Waals surface area contributed by atoms with Crippen LogP contribution in [0.15, 0.2) is 70.2 Å². The molecule has 0 aliphatic carbocycles. The van der Waals surface area contributed by atoms with Crippen LogP contribution in [0.25, 0.3) is 27.5 Å². The van der Waals surface area contributed by atoms with Gasteiger partial charge in [0.25, 0.3) is 5.56 Å². The molecule has 2 aromatic heterocycles. The van der Waals surface area contributed by atoms with E-state index in [4.69, 9.17) is 4.52 Å². The standard InChI is InChI=1S/C16H10N2O2/c19-16-13-10-20-17-15(13)12-8-4-5-9-14(12)18(16)11-6-2-1-3-7-11/h1-10H. The SMILES string of the molecule is O=c1c2conc2c2ccccc2n1-c1ccccc1. The first-order chi connectivity index (χ1) is 9.86. The number of pyridine rings is 1. The molecule has 4 heteroatoms. The Bertz CT molecular complexity index is 968. The van der Waals surface area contributed by atoms with Gasteiger partial charge in [0.2, 0.25) is 0 Å². The fourth-order valence-electron chi connectivity index (χ4n) is 2.51. The van der Waals surface area contributed by atoms with E-state index in [0.717, 1.165) is 16.6 Å². The lowest BCUT2D eigenvalue weighted by Crippen LogP contribution is -2.18. The summed E-state index contributed by atoms with van der Waals surface area (Å²) in [5.41, 5.74) is 2.14. The first-order valence-corrected chi connectivity index (χ1v) is 6.29. The summed E-state index contributed by atoms with van der Waals surface area (Å²) < 4.78 is 6.67. The number of para-hydroxylation sites is 2. The van der Waals surface area contributed by atoms with Crippen molar-refractivity contribution in [2.45, 2.75) is 0 Å². The molecule has 0 bridgehead atoms. The Balaban J connectivity index is 2.28. The Morgan fingerprint density at radius 1 is 0.900 bits per heavy atom. The minimum atomic E-state index is -0.119. The van der Waals surface area contributed by atoms with Crippen LogP contribution in [-0.2, 0) is 0 Å². The zero-order chi connectivity index (χ0) is 13.5. The lowest BCUT2D eigenvalue weighted by atomic mass is 10.1. The average Bonchev–Trinajstić information content (AvgIpc) is 2.99. The van der Waals surface area contributed by atoms with Crippen molar-refractivity contribution in [3.8, 4) is 5.69 Å². The summed E-state index contributed by atoms with van der Waals surface area (Å²) in [6, 6.07) is 17.3. The third-order valence-corrected chi connectivity index (χ3v) is 3.42. The Labute approximate surface area is 113 Å². The topological polar surface area (TPSA) is 48.0 Å². The maximum atomic E-state index is 12.7. The molecule has 2 aromatic carbocycles. The van der Waals surface area contributed by atoms with Crippen LogP contribution in [0.2, 0.25) is 0 Å². The van der Waals surface area contributed by atoms with Crippen molar-refractivity contribution >= 4 is 21.8 Å². The molecule has 96 valence electrons. The Hall–Kier alpha value is -2.88. The molecule has 2 heterocycles. The van der Waals surface area contributed by atoms with E-state index < -0.39 is 0 Å². The van der Waals surface area contributed by atoms with Crippen LogP contribution in [-0.4, -0.2) is 9.72 Å². The summed E-state index contributed by atoms with van der Waals surface area (Å²) in [7, 11) is 0. The third-order valence-electron chi connectivity index (χ3n) is 3.42. The quantitative estimate of drug-likeness (QED) is 0.529. The molecule has 0 amide bonds. The molecule has 0 radical (unpaired) electrons. The van der Waals surface area contributed by atoms with Crippen molar-refractivity contribution in [3.63, 3.8) is 0 Å². The fourth-order valence-corrected chi connectivity index (χ4v) is 2.51. The number of nitrogens with zero attached hydrogens (tertiary/aromatic N) is 2. The fraction of sp³-hybridized carbons (Fsp3) is 0. The van der Waals surface area contributed by atoms with E-state index in [2.05, 4.69) is 5.16 Å². The molecule has 0 fully saturated rings. The second-order valence-electron chi connectivity index (χ2n) is 4.57. The van der Waals surface area contributed by atoms with Gasteiger partial charge in [0.1, 0.15) is 17.2 Å². The number of rotatable bonds is 1. The maximum Gasteiger partial charge on any atom is 0.268 e. The van der Waals surface area contributed by atoms with Gasteiger partial charge in [0.05, 0.1) is 5.52 Å². The first kappa shape index (κ1) is 11.0. The van der Waals surface area contributed by atoms with Crippen LogP contribution in [0.5, 0.6) is 0 Å². The van der Waals surface area contributed by atoms with Gasteiger partial charge in [-0.15, -0.1) is 0 Å². The molecular weight excluding hydrogens is 252 g/mol. The zero-order valence-electron chi connectivity index (χ0n) is 10.5. The van der Waals surface area contributed by atoms with Gasteiger partial charge >= 0.3 is 0 Å². The summed E-state index contributed by atoms with van der Waals surface area (Å²) in [6.45, 7) is 0. The monoisotopic (exact) mass is 262 g/mol. The summed E-state index contributed by atoms with van der Waals surface area (Å²) in [5.74, 6) is 0. The number of hydrogen-bond donors (Lipinski definition) is 0. The Morgan fingerprint density at radius 2 is 1.65 bits per heavy atom. The maximum absolute atomic E-state index is 12.7. The normalized spacial score (nSPS) is 11.2. The molecule has 0 saturated heterocycles. The van der Waals surface area contributed by atoms with E-state index in [1.54, 1.807) is 4.57 Å². The summed E-state index contributed by atoms with van der Waals surface area (Å²) in [6.07, 6.45) is 1.41. The summed E-state index contributed by atoms with van der Waals surface area (Å²) in [5, 5.41) is 5.35. The predicted octanol–water partition coefficient (Wildman–Crippen LogP) is 3.13. The van der Waals surface area contributed by atoms with Crippen molar-refractivity contribution in [2.75, 3.05) is 0 Å². The van der Waals surface area contributed by atoms with Crippen molar-refractivity contribution < 1.29 is 4.52 Å². The van der Waals surface area contributed by atoms with Gasteiger partial charge in [-0.1, -0.05) is 41.6 Å². The van der Waals surface area contributed by atoms with Crippen LogP contribution in [0.4, 0.5) is 0 Å². The van der Waals surface area contributed by atoms with Crippen molar-refractivity contribution in [3.05, 3.63) is 71.2 Å². The number of benzene rings is 2. The summed E-state index contributed by atoms with van der Waals surface area (Å²) in [4.78, 5) is 12.7. The minimum absolute atomic E-state index is 0.119. The zero-order valence-corrected chi connectivity index (χ0v) is 10.5. The number of fused-ring (bicyclic) bond motifs is 3. The van der Waals surface area contributed by atoms with Gasteiger partial charge < -0.3 is 4.52 Å². The van der Waals surface area contributed by atoms with Gasteiger partial charge in [-0.25, -0.2) is 0 Å². The molecule has 4 aromatic rings. The molecule has 0 aliphatic heterocycles. The van der Waals surface area contributed by atoms with E-state index in [0.29, 0.717) is 10.9 Å². The molecule has 0 saturated carbocycles. The van der Waals surface area contributed by atoms with Gasteiger partial charge in [-0.2, -0.15) is 0 Å². The molecule has 20 heavy (non-hydrogen) atoms. The van der Waals surface area contributed by atoms with Crippen LogP contribution < -0.4 is 5.56 Å². The van der Waals surface area contributed by atoms with Crippen LogP contribution >= 0.6 is 0 Å². The van der Waals surface area contributed by atoms with Crippen LogP contribution in [0.1, 0.15) is 0 Å². The molecular formula is C16H10N2O2. The van der Waals surface area contributed by atoms with Crippen LogP contribution in [0.3, 0.4) is 0 Å². The predicted molar refractivity (Wildman–Crippen MR) is 77.1 cm³/mol. The smallest absolute Gasteiger partial charge is 0.268 e. The van der Waals surface area contributed by atoms with E-state index >= 15 is 0 Å². The lowest BCUT2D eigenvalue weighted by Gasteiger charge is -2.10. The largest absolute Gasteiger partial charge is 0.363 e. The van der Waals surface area contributed by atoms with Gasteiger partial charge in [-0.3, -0.25) is 9.36 Å². The molecule has 4 nitrogen and oxygen atoms in total. The second-order valence-corrected chi connectivity index (χ2v) is 4.57. The van der Waals surface area contributed by atoms with E-state index in [1.165, 1.54) is 6.26 Å². The highest BCUT2D eigenvalue weighted by atomic mass is 16.5. The third kappa shape index (κ3) is 1.42. The highest BCUT2D eigenvalue weighted by Crippen LogP contribution is 2.23.